The average molecular weight is 323 g/mol. The van der Waals surface area contributed by atoms with Crippen molar-refractivity contribution in [2.45, 2.75) is 39.2 Å². The molecule has 0 radical (unpaired) electrons. The lowest BCUT2D eigenvalue weighted by Crippen LogP contribution is -2.45. The number of aliphatic carboxylic acids is 1. The molecule has 0 aliphatic carbocycles. The zero-order chi connectivity index (χ0) is 16.7. The van der Waals surface area contributed by atoms with Crippen molar-refractivity contribution in [2.75, 3.05) is 5.75 Å². The molecule has 0 spiro atoms. The van der Waals surface area contributed by atoms with Gasteiger partial charge in [-0.25, -0.2) is 4.79 Å². The molecule has 1 amide bonds. The van der Waals surface area contributed by atoms with Crippen molar-refractivity contribution in [3.05, 3.63) is 35.9 Å². The summed E-state index contributed by atoms with van der Waals surface area (Å²) < 4.78 is 0. The van der Waals surface area contributed by atoms with Crippen LogP contribution in [0.3, 0.4) is 0 Å². The van der Waals surface area contributed by atoms with Gasteiger partial charge in [0, 0.05) is 5.75 Å². The van der Waals surface area contributed by atoms with E-state index in [0.29, 0.717) is 12.2 Å². The molecule has 0 heterocycles. The molecular formula is C17H25NO3S. The Balaban J connectivity index is 2.81. The minimum absolute atomic E-state index is 0.0211. The number of hydrogen-bond acceptors (Lipinski definition) is 3. The summed E-state index contributed by atoms with van der Waals surface area (Å²) in [5, 5.41) is 11.9. The number of rotatable bonds is 8. The van der Waals surface area contributed by atoms with Crippen molar-refractivity contribution in [1.82, 2.24) is 5.32 Å². The number of carbonyl (C=O) groups excluding carboxylic acids is 1. The number of carbonyl (C=O) groups is 2. The van der Waals surface area contributed by atoms with Crippen LogP contribution >= 0.6 is 12.6 Å². The number of amides is 1. The lowest BCUT2D eigenvalue weighted by molar-refractivity contribution is -0.142. The lowest BCUT2D eigenvalue weighted by atomic mass is 9.88. The number of hydrogen-bond donors (Lipinski definition) is 3. The summed E-state index contributed by atoms with van der Waals surface area (Å²) >= 11 is 4.28. The topological polar surface area (TPSA) is 66.4 Å². The Morgan fingerprint density at radius 2 is 1.77 bits per heavy atom. The first kappa shape index (κ1) is 18.6. The number of thiol groups is 1. The second-order valence-electron chi connectivity index (χ2n) is 6.02. The van der Waals surface area contributed by atoms with E-state index in [9.17, 15) is 14.7 Å². The highest BCUT2D eigenvalue weighted by Gasteiger charge is 2.29. The van der Waals surface area contributed by atoms with Gasteiger partial charge in [-0.15, -0.1) is 0 Å². The van der Waals surface area contributed by atoms with Crippen molar-refractivity contribution in [3.63, 3.8) is 0 Å². The van der Waals surface area contributed by atoms with Crippen LogP contribution in [0, 0.1) is 11.8 Å². The van der Waals surface area contributed by atoms with Gasteiger partial charge in [-0.3, -0.25) is 4.79 Å². The first-order valence-corrected chi connectivity index (χ1v) is 8.19. The molecule has 4 nitrogen and oxygen atoms in total. The number of carboxylic acids is 1. The van der Waals surface area contributed by atoms with Crippen LogP contribution in [0.15, 0.2) is 30.3 Å². The number of nitrogens with one attached hydrogen (secondary N) is 1. The Hall–Kier alpha value is -1.49. The molecule has 5 heteroatoms. The van der Waals surface area contributed by atoms with Crippen molar-refractivity contribution < 1.29 is 14.7 Å². The van der Waals surface area contributed by atoms with Crippen LogP contribution in [0.5, 0.6) is 0 Å². The fraction of sp³-hybridized carbons (Fsp3) is 0.529. The van der Waals surface area contributed by atoms with E-state index in [0.717, 1.165) is 5.56 Å². The molecule has 0 saturated carbocycles. The van der Waals surface area contributed by atoms with E-state index in [-0.39, 0.29) is 23.7 Å². The fourth-order valence-corrected chi connectivity index (χ4v) is 2.91. The smallest absolute Gasteiger partial charge is 0.326 e. The summed E-state index contributed by atoms with van der Waals surface area (Å²) in [6.45, 7) is 5.84. The van der Waals surface area contributed by atoms with Gasteiger partial charge in [-0.05, 0) is 23.8 Å². The maximum Gasteiger partial charge on any atom is 0.326 e. The maximum atomic E-state index is 12.5. The molecule has 0 fully saturated rings. The van der Waals surface area contributed by atoms with Gasteiger partial charge in [-0.2, -0.15) is 12.6 Å². The van der Waals surface area contributed by atoms with E-state index in [1.165, 1.54) is 0 Å². The molecule has 0 aliphatic rings. The highest BCUT2D eigenvalue weighted by Crippen LogP contribution is 2.25. The van der Waals surface area contributed by atoms with Crippen LogP contribution in [0.1, 0.15) is 38.7 Å². The summed E-state index contributed by atoms with van der Waals surface area (Å²) in [5.74, 6) is -1.06. The summed E-state index contributed by atoms with van der Waals surface area (Å²) in [6, 6.07) is 8.87. The molecule has 1 aromatic rings. The third kappa shape index (κ3) is 5.37. The van der Waals surface area contributed by atoms with Gasteiger partial charge in [-0.1, -0.05) is 51.1 Å². The summed E-state index contributed by atoms with van der Waals surface area (Å²) in [5.41, 5.74) is 1.05. The molecule has 0 aromatic heterocycles. The molecule has 2 N–H and O–H groups in total. The van der Waals surface area contributed by atoms with Crippen LogP contribution in [0.2, 0.25) is 0 Å². The van der Waals surface area contributed by atoms with Gasteiger partial charge in [0.25, 0.3) is 0 Å². The second kappa shape index (κ2) is 8.83. The molecular weight excluding hydrogens is 298 g/mol. The van der Waals surface area contributed by atoms with Crippen LogP contribution in [-0.4, -0.2) is 28.8 Å². The Morgan fingerprint density at radius 1 is 1.18 bits per heavy atom. The van der Waals surface area contributed by atoms with E-state index in [4.69, 9.17) is 0 Å². The Kier molecular flexibility index (Phi) is 7.45. The first-order valence-electron chi connectivity index (χ1n) is 7.55. The van der Waals surface area contributed by atoms with E-state index in [1.807, 2.05) is 51.1 Å². The largest absolute Gasteiger partial charge is 0.480 e. The third-order valence-electron chi connectivity index (χ3n) is 3.78. The zero-order valence-electron chi connectivity index (χ0n) is 13.3. The monoisotopic (exact) mass is 323 g/mol. The summed E-state index contributed by atoms with van der Waals surface area (Å²) in [6.07, 6.45) is 0.417. The van der Waals surface area contributed by atoms with Crippen molar-refractivity contribution in [2.24, 2.45) is 11.8 Å². The molecule has 0 aliphatic heterocycles. The van der Waals surface area contributed by atoms with Gasteiger partial charge in [0.05, 0.1) is 5.92 Å². The van der Waals surface area contributed by atoms with Crippen LogP contribution in [0.25, 0.3) is 0 Å². The van der Waals surface area contributed by atoms with E-state index >= 15 is 0 Å². The van der Waals surface area contributed by atoms with Gasteiger partial charge in [0.1, 0.15) is 6.04 Å². The zero-order valence-corrected chi connectivity index (χ0v) is 14.2. The first-order chi connectivity index (χ1) is 10.4. The molecule has 3 unspecified atom stereocenters. The van der Waals surface area contributed by atoms with E-state index < -0.39 is 12.0 Å². The minimum Gasteiger partial charge on any atom is -0.480 e. The summed E-state index contributed by atoms with van der Waals surface area (Å²) in [7, 11) is 0. The van der Waals surface area contributed by atoms with Crippen molar-refractivity contribution in [3.8, 4) is 0 Å². The predicted octanol–water partition coefficient (Wildman–Crippen LogP) is 2.95. The van der Waals surface area contributed by atoms with Gasteiger partial charge < -0.3 is 10.4 Å². The molecule has 0 bridgehead atoms. The highest BCUT2D eigenvalue weighted by molar-refractivity contribution is 7.80. The standard InChI is InChI=1S/C17H25NO3S/c1-11(2)9-15(17(20)21)18-16(19)14(10-22)12(3)13-7-5-4-6-8-13/h4-8,11-12,14-15,22H,9-10H2,1-3H3,(H,18,19)(H,20,21). The van der Waals surface area contributed by atoms with Crippen molar-refractivity contribution in [1.29, 1.82) is 0 Å². The summed E-state index contributed by atoms with van der Waals surface area (Å²) in [4.78, 5) is 23.7. The quantitative estimate of drug-likeness (QED) is 0.644. The maximum absolute atomic E-state index is 12.5. The highest BCUT2D eigenvalue weighted by atomic mass is 32.1. The minimum atomic E-state index is -0.993. The fourth-order valence-electron chi connectivity index (χ4n) is 2.43. The van der Waals surface area contributed by atoms with E-state index in [1.54, 1.807) is 0 Å². The Morgan fingerprint density at radius 3 is 2.23 bits per heavy atom. The molecule has 1 aromatic carbocycles. The number of carboxylic acid groups (broad SMARTS) is 1. The van der Waals surface area contributed by atoms with Gasteiger partial charge in [0.2, 0.25) is 5.91 Å². The molecule has 0 saturated heterocycles. The second-order valence-corrected chi connectivity index (χ2v) is 6.38. The molecule has 22 heavy (non-hydrogen) atoms. The Bertz CT molecular complexity index is 490. The Labute approximate surface area is 137 Å². The predicted molar refractivity (Wildman–Crippen MR) is 91.2 cm³/mol. The van der Waals surface area contributed by atoms with Crippen molar-refractivity contribution >= 4 is 24.5 Å². The van der Waals surface area contributed by atoms with Gasteiger partial charge >= 0.3 is 5.97 Å². The molecule has 122 valence electrons. The van der Waals surface area contributed by atoms with Crippen LogP contribution in [0.4, 0.5) is 0 Å². The normalized spacial score (nSPS) is 15.1. The van der Waals surface area contributed by atoms with Crippen LogP contribution < -0.4 is 5.32 Å². The average Bonchev–Trinajstić information content (AvgIpc) is 2.47. The number of benzene rings is 1. The van der Waals surface area contributed by atoms with Crippen LogP contribution in [-0.2, 0) is 9.59 Å². The molecule has 3 atom stereocenters. The lowest BCUT2D eigenvalue weighted by Gasteiger charge is -2.25. The SMILES string of the molecule is CC(C)CC(NC(=O)C(CS)C(C)c1ccccc1)C(=O)O. The van der Waals surface area contributed by atoms with Gasteiger partial charge in [0.15, 0.2) is 0 Å². The van der Waals surface area contributed by atoms with E-state index in [2.05, 4.69) is 17.9 Å². The third-order valence-corrected chi connectivity index (χ3v) is 4.18. The molecule has 1 rings (SSSR count).